The summed E-state index contributed by atoms with van der Waals surface area (Å²) in [6.45, 7) is 1.50. The van der Waals surface area contributed by atoms with Gasteiger partial charge >= 0.3 is 0 Å². The summed E-state index contributed by atoms with van der Waals surface area (Å²) >= 11 is 0. The molecule has 0 spiro atoms. The third-order valence-electron chi connectivity index (χ3n) is 4.75. The summed E-state index contributed by atoms with van der Waals surface area (Å²) in [5.74, 6) is 0.0491. The van der Waals surface area contributed by atoms with E-state index in [2.05, 4.69) is 27.0 Å². The summed E-state index contributed by atoms with van der Waals surface area (Å²) in [5, 5.41) is 0. The molecule has 0 bridgehead atoms. The number of aromatic nitrogens is 2. The topological polar surface area (TPSA) is 75.6 Å². The van der Waals surface area contributed by atoms with Crippen LogP contribution in [0.2, 0.25) is 0 Å². The second-order valence-corrected chi connectivity index (χ2v) is 6.56. The Hall–Kier alpha value is -2.93. The van der Waals surface area contributed by atoms with Gasteiger partial charge in [-0.1, -0.05) is 24.3 Å². The zero-order valence-corrected chi connectivity index (χ0v) is 14.5. The molecule has 1 unspecified atom stereocenters. The Kier molecular flexibility index (Phi) is 4.53. The molecule has 134 valence electrons. The molecule has 0 saturated heterocycles. The average Bonchev–Trinajstić information content (AvgIpc) is 3.34. The molecule has 1 aromatic carbocycles. The number of benzene rings is 1. The van der Waals surface area contributed by atoms with Crippen LogP contribution in [0, 0.1) is 0 Å². The van der Waals surface area contributed by atoms with Gasteiger partial charge in [-0.25, -0.2) is 9.97 Å². The van der Waals surface area contributed by atoms with Crippen molar-refractivity contribution in [1.29, 1.82) is 0 Å². The lowest BCUT2D eigenvalue weighted by Crippen LogP contribution is -2.49. The fourth-order valence-electron chi connectivity index (χ4n) is 3.37. The molecule has 1 amide bonds. The summed E-state index contributed by atoms with van der Waals surface area (Å²) in [7, 11) is 1.99. The lowest BCUT2D eigenvalue weighted by molar-refractivity contribution is -0.138. The summed E-state index contributed by atoms with van der Waals surface area (Å²) in [5.41, 5.74) is 3.92. The maximum Gasteiger partial charge on any atom is 0.240 e. The number of fused-ring (bicyclic) bond motifs is 1. The molecule has 1 aliphatic heterocycles. The van der Waals surface area contributed by atoms with Crippen molar-refractivity contribution in [2.45, 2.75) is 32.1 Å². The van der Waals surface area contributed by atoms with Crippen molar-refractivity contribution >= 4 is 5.91 Å². The second-order valence-electron chi connectivity index (χ2n) is 6.56. The second kappa shape index (κ2) is 7.13. The van der Waals surface area contributed by atoms with Gasteiger partial charge in [-0.3, -0.25) is 9.69 Å². The number of oxazole rings is 2. The molecule has 2 aromatic heterocycles. The molecule has 4 rings (SSSR count). The molecule has 3 aromatic rings. The highest BCUT2D eigenvalue weighted by Crippen LogP contribution is 2.24. The highest BCUT2D eigenvalue weighted by molar-refractivity contribution is 5.82. The Balaban J connectivity index is 1.57. The molecular formula is C19H20N4O3. The molecule has 0 fully saturated rings. The maximum atomic E-state index is 13.3. The molecule has 7 heteroatoms. The van der Waals surface area contributed by atoms with Gasteiger partial charge < -0.3 is 13.7 Å². The van der Waals surface area contributed by atoms with Crippen LogP contribution in [0.3, 0.4) is 0 Å². The first kappa shape index (κ1) is 16.5. The van der Waals surface area contributed by atoms with E-state index in [-0.39, 0.29) is 11.9 Å². The van der Waals surface area contributed by atoms with E-state index >= 15 is 0 Å². The van der Waals surface area contributed by atoms with E-state index in [9.17, 15) is 4.79 Å². The molecule has 7 nitrogen and oxygen atoms in total. The molecule has 0 saturated carbocycles. The van der Waals surface area contributed by atoms with Gasteiger partial charge in [0.05, 0.1) is 30.5 Å². The number of rotatable bonds is 5. The predicted octanol–water partition coefficient (Wildman–Crippen LogP) is 2.25. The number of carbonyl (C=O) groups excluding carboxylic acids is 1. The number of likely N-dealkylation sites (N-methyl/N-ethyl adjacent to an activating group) is 1. The van der Waals surface area contributed by atoms with Gasteiger partial charge in [0.15, 0.2) is 12.8 Å². The fourth-order valence-corrected chi connectivity index (χ4v) is 3.37. The largest absolute Gasteiger partial charge is 0.451 e. The fraction of sp³-hybridized carbons (Fsp3) is 0.316. The van der Waals surface area contributed by atoms with Crippen LogP contribution < -0.4 is 0 Å². The van der Waals surface area contributed by atoms with Gasteiger partial charge in [0.25, 0.3) is 0 Å². The van der Waals surface area contributed by atoms with Crippen LogP contribution >= 0.6 is 0 Å². The first-order chi connectivity index (χ1) is 12.7. The van der Waals surface area contributed by atoms with Gasteiger partial charge in [-0.2, -0.15) is 0 Å². The highest BCUT2D eigenvalue weighted by atomic mass is 16.3. The van der Waals surface area contributed by atoms with Gasteiger partial charge in [0, 0.05) is 6.54 Å². The minimum Gasteiger partial charge on any atom is -0.451 e. The zero-order chi connectivity index (χ0) is 17.9. The zero-order valence-electron chi connectivity index (χ0n) is 14.5. The molecule has 1 atom stereocenters. The first-order valence-electron chi connectivity index (χ1n) is 8.50. The third-order valence-corrected chi connectivity index (χ3v) is 4.75. The Morgan fingerprint density at radius 2 is 1.73 bits per heavy atom. The summed E-state index contributed by atoms with van der Waals surface area (Å²) in [4.78, 5) is 25.5. The first-order valence-corrected chi connectivity index (χ1v) is 8.50. The summed E-state index contributed by atoms with van der Waals surface area (Å²) in [6, 6.07) is 8.06. The molecule has 3 heterocycles. The molecule has 0 aliphatic carbocycles. The Bertz CT molecular complexity index is 825. The normalized spacial score (nSPS) is 17.0. The molecule has 1 aliphatic rings. The van der Waals surface area contributed by atoms with Crippen LogP contribution in [0.4, 0.5) is 0 Å². The minimum absolute atomic E-state index is 0.0491. The Morgan fingerprint density at radius 1 is 1.12 bits per heavy atom. The van der Waals surface area contributed by atoms with Crippen LogP contribution in [0.1, 0.15) is 22.5 Å². The van der Waals surface area contributed by atoms with E-state index < -0.39 is 0 Å². The van der Waals surface area contributed by atoms with Crippen molar-refractivity contribution in [3.05, 3.63) is 72.1 Å². The van der Waals surface area contributed by atoms with Gasteiger partial charge in [-0.15, -0.1) is 0 Å². The minimum atomic E-state index is -0.219. The number of nitrogens with zero attached hydrogens (tertiary/aromatic N) is 4. The quantitative estimate of drug-likeness (QED) is 0.701. The van der Waals surface area contributed by atoms with Crippen molar-refractivity contribution in [2.75, 3.05) is 7.05 Å². The predicted molar refractivity (Wildman–Crippen MR) is 92.7 cm³/mol. The molecule has 0 radical (unpaired) electrons. The SMILES string of the molecule is CN1Cc2ccccc2CC1C(=O)N(Cc1cocn1)Cc1cocn1. The van der Waals surface area contributed by atoms with E-state index in [0.717, 1.165) is 6.54 Å². The van der Waals surface area contributed by atoms with Crippen molar-refractivity contribution in [1.82, 2.24) is 19.8 Å². The van der Waals surface area contributed by atoms with E-state index in [0.29, 0.717) is 30.9 Å². The van der Waals surface area contributed by atoms with E-state index in [4.69, 9.17) is 8.83 Å². The molecular weight excluding hydrogens is 332 g/mol. The summed E-state index contributed by atoms with van der Waals surface area (Å²) in [6.07, 6.45) is 6.56. The van der Waals surface area contributed by atoms with Crippen LogP contribution in [0.15, 0.2) is 58.4 Å². The van der Waals surface area contributed by atoms with Crippen molar-refractivity contribution < 1.29 is 13.6 Å². The van der Waals surface area contributed by atoms with E-state index in [1.54, 1.807) is 17.4 Å². The standard InChI is InChI=1S/C19H20N4O3/c1-22-7-15-5-3-2-4-14(15)6-18(22)19(24)23(8-16-10-25-12-20-16)9-17-11-26-13-21-17/h2-5,10-13,18H,6-9H2,1H3. The Morgan fingerprint density at radius 3 is 2.31 bits per heavy atom. The van der Waals surface area contributed by atoms with Gasteiger partial charge in [-0.05, 0) is 24.6 Å². The molecule has 26 heavy (non-hydrogen) atoms. The lowest BCUT2D eigenvalue weighted by Gasteiger charge is -2.36. The van der Waals surface area contributed by atoms with Crippen LogP contribution in [0.5, 0.6) is 0 Å². The van der Waals surface area contributed by atoms with Crippen LogP contribution in [-0.2, 0) is 30.8 Å². The van der Waals surface area contributed by atoms with Crippen molar-refractivity contribution in [2.24, 2.45) is 0 Å². The summed E-state index contributed by atoms with van der Waals surface area (Å²) < 4.78 is 10.1. The Labute approximate surface area is 151 Å². The number of hydrogen-bond donors (Lipinski definition) is 0. The number of carbonyl (C=O) groups is 1. The highest BCUT2D eigenvalue weighted by Gasteiger charge is 2.32. The average molecular weight is 352 g/mol. The van der Waals surface area contributed by atoms with Crippen LogP contribution in [0.25, 0.3) is 0 Å². The smallest absolute Gasteiger partial charge is 0.240 e. The maximum absolute atomic E-state index is 13.3. The van der Waals surface area contributed by atoms with Gasteiger partial charge in [0.2, 0.25) is 5.91 Å². The van der Waals surface area contributed by atoms with Gasteiger partial charge in [0.1, 0.15) is 12.5 Å². The number of hydrogen-bond acceptors (Lipinski definition) is 6. The molecule has 0 N–H and O–H groups in total. The van der Waals surface area contributed by atoms with E-state index in [1.165, 1.54) is 23.9 Å². The monoisotopic (exact) mass is 352 g/mol. The van der Waals surface area contributed by atoms with Crippen molar-refractivity contribution in [3.63, 3.8) is 0 Å². The van der Waals surface area contributed by atoms with E-state index in [1.807, 2.05) is 19.2 Å². The van der Waals surface area contributed by atoms with Crippen molar-refractivity contribution in [3.8, 4) is 0 Å². The third kappa shape index (κ3) is 3.39. The van der Waals surface area contributed by atoms with Crippen LogP contribution in [-0.4, -0.2) is 38.8 Å². The number of amides is 1. The lowest BCUT2D eigenvalue weighted by atomic mass is 9.93.